The van der Waals surface area contributed by atoms with Gasteiger partial charge in [-0.25, -0.2) is 14.5 Å². The first kappa shape index (κ1) is 25.0. The predicted octanol–water partition coefficient (Wildman–Crippen LogP) is 5.19. The zero-order valence-corrected chi connectivity index (χ0v) is 22.7. The van der Waals surface area contributed by atoms with Crippen molar-refractivity contribution in [2.45, 2.75) is 26.8 Å². The van der Waals surface area contributed by atoms with Crippen molar-refractivity contribution in [3.8, 4) is 23.1 Å². The van der Waals surface area contributed by atoms with Gasteiger partial charge in [0.25, 0.3) is 5.91 Å². The lowest BCUT2D eigenvalue weighted by Gasteiger charge is -2.19. The van der Waals surface area contributed by atoms with Crippen LogP contribution in [0.15, 0.2) is 79.3 Å². The van der Waals surface area contributed by atoms with Gasteiger partial charge in [0.1, 0.15) is 5.56 Å². The molecular weight excluding hydrogens is 498 g/mol. The van der Waals surface area contributed by atoms with Crippen molar-refractivity contribution in [3.63, 3.8) is 0 Å². The smallest absolute Gasteiger partial charge is 0.257 e. The lowest BCUT2D eigenvalue weighted by Crippen LogP contribution is -2.27. The first-order chi connectivity index (χ1) is 19.4. The number of benzene rings is 2. The molecule has 0 saturated heterocycles. The molecule has 6 aromatic rings. The average Bonchev–Trinajstić information content (AvgIpc) is 3.48. The molecule has 0 aliphatic heterocycles. The highest BCUT2D eigenvalue weighted by Crippen LogP contribution is 2.31. The molecule has 0 fully saturated rings. The summed E-state index contributed by atoms with van der Waals surface area (Å²) >= 11 is 0. The maximum Gasteiger partial charge on any atom is 0.257 e. The summed E-state index contributed by atoms with van der Waals surface area (Å²) < 4.78 is 3.43. The second kappa shape index (κ2) is 10.1. The zero-order valence-electron chi connectivity index (χ0n) is 22.7. The van der Waals surface area contributed by atoms with Crippen molar-refractivity contribution in [2.75, 3.05) is 0 Å². The van der Waals surface area contributed by atoms with Crippen LogP contribution in [0, 0.1) is 25.7 Å². The molecule has 1 atom stereocenters. The fourth-order valence-corrected chi connectivity index (χ4v) is 4.84. The minimum atomic E-state index is -0.342. The second-order valence-corrected chi connectivity index (χ2v) is 9.73. The Morgan fingerprint density at radius 1 is 1.00 bits per heavy atom. The molecule has 4 heterocycles. The fourth-order valence-electron chi connectivity index (χ4n) is 4.84. The third kappa shape index (κ3) is 4.48. The van der Waals surface area contributed by atoms with E-state index in [9.17, 15) is 4.79 Å². The molecule has 4 aromatic heterocycles. The minimum absolute atomic E-state index is 0.232. The van der Waals surface area contributed by atoms with Gasteiger partial charge in [-0.1, -0.05) is 54.3 Å². The molecule has 0 saturated carbocycles. The summed E-state index contributed by atoms with van der Waals surface area (Å²) in [6.07, 6.45) is 5.22. The van der Waals surface area contributed by atoms with E-state index in [0.29, 0.717) is 16.9 Å². The van der Waals surface area contributed by atoms with Crippen LogP contribution in [0.4, 0.5) is 0 Å². The number of carbonyl (C=O) groups is 1. The zero-order chi connectivity index (χ0) is 27.8. The van der Waals surface area contributed by atoms with E-state index in [1.165, 1.54) is 0 Å². The molecule has 0 unspecified atom stereocenters. The summed E-state index contributed by atoms with van der Waals surface area (Å²) in [5.74, 6) is 6.33. The predicted molar refractivity (Wildman–Crippen MR) is 155 cm³/mol. The summed E-state index contributed by atoms with van der Waals surface area (Å²) in [5.41, 5.74) is 7.79. The van der Waals surface area contributed by atoms with E-state index in [-0.39, 0.29) is 11.9 Å². The molecule has 1 N–H and O–H groups in total. The first-order valence-corrected chi connectivity index (χ1v) is 13.0. The summed E-state index contributed by atoms with van der Waals surface area (Å²) in [4.78, 5) is 23.0. The number of carbonyl (C=O) groups excluding carboxylic acids is 1. The standard InChI is InChI=1S/C32H27N7O/c1-20(35-32(40)28-21(2)37-39-17-9-16-33-31(28)39)27-18-25-13-8-12-24(14-15-26-19-34-38(4)22(26)3)29(25)36-30(27)23-10-6-5-7-11-23/h5-13,16-20H,1-4H3,(H,35,40)/t20-/m0/s1. The van der Waals surface area contributed by atoms with Crippen molar-refractivity contribution in [2.24, 2.45) is 7.05 Å². The number of rotatable bonds is 4. The van der Waals surface area contributed by atoms with Gasteiger partial charge in [-0.3, -0.25) is 9.48 Å². The van der Waals surface area contributed by atoms with Crippen molar-refractivity contribution in [1.29, 1.82) is 0 Å². The Labute approximate surface area is 231 Å². The van der Waals surface area contributed by atoms with E-state index in [1.807, 2.05) is 81.0 Å². The molecule has 8 heteroatoms. The number of hydrogen-bond acceptors (Lipinski definition) is 5. The van der Waals surface area contributed by atoms with Crippen LogP contribution in [0.1, 0.15) is 51.4 Å². The highest BCUT2D eigenvalue weighted by atomic mass is 16.1. The summed E-state index contributed by atoms with van der Waals surface area (Å²) in [6, 6.07) is 19.5. The number of nitrogens with one attached hydrogen (secondary N) is 1. The summed E-state index contributed by atoms with van der Waals surface area (Å²) in [7, 11) is 1.90. The third-order valence-corrected chi connectivity index (χ3v) is 7.10. The van der Waals surface area contributed by atoms with Crippen molar-refractivity contribution in [3.05, 3.63) is 113 Å². The van der Waals surface area contributed by atoms with E-state index < -0.39 is 0 Å². The molecule has 0 aliphatic carbocycles. The topological polar surface area (TPSA) is 90.0 Å². The maximum atomic E-state index is 13.5. The SMILES string of the molecule is Cc1nn2cccnc2c1C(=O)N[C@@H](C)c1cc2cccc(C#Cc3cnn(C)c3C)c2nc1-c1ccccc1. The summed E-state index contributed by atoms with van der Waals surface area (Å²) in [5, 5.41) is 12.8. The lowest BCUT2D eigenvalue weighted by molar-refractivity contribution is 0.0941. The van der Waals surface area contributed by atoms with Gasteiger partial charge in [-0.2, -0.15) is 10.2 Å². The number of fused-ring (bicyclic) bond motifs is 2. The number of aromatic nitrogens is 6. The third-order valence-electron chi connectivity index (χ3n) is 7.10. The van der Waals surface area contributed by atoms with E-state index >= 15 is 0 Å². The van der Waals surface area contributed by atoms with Gasteiger partial charge in [0, 0.05) is 36.0 Å². The van der Waals surface area contributed by atoms with Crippen LogP contribution >= 0.6 is 0 Å². The highest BCUT2D eigenvalue weighted by Gasteiger charge is 2.23. The second-order valence-electron chi connectivity index (χ2n) is 9.73. The van der Waals surface area contributed by atoms with E-state index in [0.717, 1.165) is 44.5 Å². The Morgan fingerprint density at radius 2 is 1.80 bits per heavy atom. The number of hydrogen-bond donors (Lipinski definition) is 1. The van der Waals surface area contributed by atoms with Gasteiger partial charge in [0.15, 0.2) is 5.65 Å². The van der Waals surface area contributed by atoms with Crippen LogP contribution in [0.2, 0.25) is 0 Å². The quantitative estimate of drug-likeness (QED) is 0.320. The van der Waals surface area contributed by atoms with Crippen molar-refractivity contribution >= 4 is 22.5 Å². The molecule has 0 aliphatic rings. The van der Waals surface area contributed by atoms with Crippen LogP contribution in [0.3, 0.4) is 0 Å². The number of pyridine rings is 1. The average molecular weight is 526 g/mol. The van der Waals surface area contributed by atoms with Crippen LogP contribution < -0.4 is 5.32 Å². The molecule has 2 aromatic carbocycles. The molecule has 8 nitrogen and oxygen atoms in total. The number of amides is 1. The van der Waals surface area contributed by atoms with Crippen LogP contribution in [0.5, 0.6) is 0 Å². The molecular formula is C32H27N7O. The molecule has 6 rings (SSSR count). The molecule has 0 radical (unpaired) electrons. The van der Waals surface area contributed by atoms with Crippen LogP contribution in [-0.4, -0.2) is 35.3 Å². The Bertz CT molecular complexity index is 1960. The molecule has 196 valence electrons. The van der Waals surface area contributed by atoms with E-state index in [4.69, 9.17) is 4.98 Å². The van der Waals surface area contributed by atoms with Gasteiger partial charge in [0.2, 0.25) is 0 Å². The first-order valence-electron chi connectivity index (χ1n) is 13.0. The Balaban J connectivity index is 1.43. The molecule has 0 spiro atoms. The van der Waals surface area contributed by atoms with Gasteiger partial charge in [0.05, 0.1) is 46.0 Å². The number of aryl methyl sites for hydroxylation is 2. The highest BCUT2D eigenvalue weighted by molar-refractivity contribution is 6.01. The number of nitrogens with zero attached hydrogens (tertiary/aromatic N) is 6. The van der Waals surface area contributed by atoms with Gasteiger partial charge >= 0.3 is 0 Å². The van der Waals surface area contributed by atoms with Crippen molar-refractivity contribution in [1.82, 2.24) is 34.7 Å². The van der Waals surface area contributed by atoms with Crippen molar-refractivity contribution < 1.29 is 4.79 Å². The fraction of sp³-hybridized carbons (Fsp3) is 0.156. The van der Waals surface area contributed by atoms with Gasteiger partial charge in [-0.15, -0.1) is 0 Å². The Kier molecular flexibility index (Phi) is 6.33. The Hall–Kier alpha value is -5.29. The summed E-state index contributed by atoms with van der Waals surface area (Å²) in [6.45, 7) is 5.78. The number of para-hydroxylation sites is 1. The van der Waals surface area contributed by atoms with Crippen LogP contribution in [0.25, 0.3) is 27.8 Å². The molecule has 40 heavy (non-hydrogen) atoms. The minimum Gasteiger partial charge on any atom is -0.345 e. The molecule has 1 amide bonds. The van der Waals surface area contributed by atoms with E-state index in [1.54, 1.807) is 29.2 Å². The molecule has 0 bridgehead atoms. The normalized spacial score (nSPS) is 11.8. The van der Waals surface area contributed by atoms with Crippen LogP contribution in [-0.2, 0) is 7.05 Å². The maximum absolute atomic E-state index is 13.5. The van der Waals surface area contributed by atoms with Gasteiger partial charge in [-0.05, 0) is 39.0 Å². The Morgan fingerprint density at radius 3 is 2.58 bits per heavy atom. The largest absolute Gasteiger partial charge is 0.345 e. The monoisotopic (exact) mass is 525 g/mol. The van der Waals surface area contributed by atoms with E-state index in [2.05, 4.69) is 38.4 Å². The van der Waals surface area contributed by atoms with Gasteiger partial charge < -0.3 is 5.32 Å². The lowest BCUT2D eigenvalue weighted by atomic mass is 9.97.